The van der Waals surface area contributed by atoms with Gasteiger partial charge in [0.2, 0.25) is 5.91 Å². The Balaban J connectivity index is 1.52. The third-order valence-corrected chi connectivity index (χ3v) is 4.38. The standard InChI is InChI=1S/C19H22N4O2/c24-18(14-5-2-1-3-6-14)22-16-10-8-15(9-11-16)19(25)23-21-13-17-7-4-12-20-17/h4,7-14,20H,1-3,5-6H2,(H,22,24)(H,23,25). The van der Waals surface area contributed by atoms with Crippen LogP contribution in [0.1, 0.15) is 48.2 Å². The van der Waals surface area contributed by atoms with Gasteiger partial charge in [-0.1, -0.05) is 19.3 Å². The van der Waals surface area contributed by atoms with E-state index >= 15 is 0 Å². The van der Waals surface area contributed by atoms with Crippen molar-refractivity contribution in [2.45, 2.75) is 32.1 Å². The summed E-state index contributed by atoms with van der Waals surface area (Å²) in [5.74, 6) is -0.112. The summed E-state index contributed by atoms with van der Waals surface area (Å²) in [5.41, 5.74) is 4.47. The second kappa shape index (κ2) is 8.28. The second-order valence-electron chi connectivity index (χ2n) is 6.23. The Kier molecular flexibility index (Phi) is 5.61. The van der Waals surface area contributed by atoms with Crippen LogP contribution in [0.3, 0.4) is 0 Å². The summed E-state index contributed by atoms with van der Waals surface area (Å²) in [7, 11) is 0. The summed E-state index contributed by atoms with van der Waals surface area (Å²) in [6, 6.07) is 10.5. The van der Waals surface area contributed by atoms with Crippen molar-refractivity contribution < 1.29 is 9.59 Å². The van der Waals surface area contributed by atoms with E-state index in [0.717, 1.165) is 31.4 Å². The number of benzene rings is 1. The normalized spacial score (nSPS) is 15.2. The van der Waals surface area contributed by atoms with Gasteiger partial charge < -0.3 is 10.3 Å². The van der Waals surface area contributed by atoms with Gasteiger partial charge in [0.05, 0.1) is 11.9 Å². The summed E-state index contributed by atoms with van der Waals surface area (Å²) < 4.78 is 0. The number of hydrogen-bond donors (Lipinski definition) is 3. The number of carbonyl (C=O) groups is 2. The lowest BCUT2D eigenvalue weighted by Gasteiger charge is -2.20. The number of anilines is 1. The number of H-pyrrole nitrogens is 1. The molecule has 0 spiro atoms. The summed E-state index contributed by atoms with van der Waals surface area (Å²) in [4.78, 5) is 27.2. The Morgan fingerprint density at radius 2 is 1.84 bits per heavy atom. The molecule has 3 N–H and O–H groups in total. The molecule has 1 aliphatic rings. The molecule has 0 aliphatic heterocycles. The molecule has 130 valence electrons. The third-order valence-electron chi connectivity index (χ3n) is 4.38. The molecule has 1 saturated carbocycles. The minimum Gasteiger partial charge on any atom is -0.360 e. The molecule has 1 aromatic heterocycles. The van der Waals surface area contributed by atoms with Gasteiger partial charge >= 0.3 is 0 Å². The average Bonchev–Trinajstić information content (AvgIpc) is 3.16. The van der Waals surface area contributed by atoms with Crippen molar-refractivity contribution in [3.8, 4) is 0 Å². The van der Waals surface area contributed by atoms with Crippen molar-refractivity contribution in [2.24, 2.45) is 11.0 Å². The van der Waals surface area contributed by atoms with Crippen LogP contribution in [0.25, 0.3) is 0 Å². The van der Waals surface area contributed by atoms with Crippen LogP contribution in [-0.2, 0) is 4.79 Å². The number of aromatic nitrogens is 1. The van der Waals surface area contributed by atoms with E-state index in [9.17, 15) is 9.59 Å². The topological polar surface area (TPSA) is 86.3 Å². The van der Waals surface area contributed by atoms with Gasteiger partial charge in [-0.15, -0.1) is 0 Å². The molecule has 1 aromatic carbocycles. The van der Waals surface area contributed by atoms with E-state index in [1.165, 1.54) is 12.6 Å². The van der Waals surface area contributed by atoms with E-state index in [2.05, 4.69) is 20.8 Å². The number of rotatable bonds is 5. The first-order valence-corrected chi connectivity index (χ1v) is 8.60. The zero-order valence-electron chi connectivity index (χ0n) is 14.0. The quantitative estimate of drug-likeness (QED) is 0.577. The van der Waals surface area contributed by atoms with Crippen molar-refractivity contribution in [3.63, 3.8) is 0 Å². The third kappa shape index (κ3) is 4.79. The summed E-state index contributed by atoms with van der Waals surface area (Å²) in [5, 5.41) is 6.83. The molecule has 6 heteroatoms. The van der Waals surface area contributed by atoms with Crippen molar-refractivity contribution in [3.05, 3.63) is 53.9 Å². The minimum atomic E-state index is -0.298. The number of carbonyl (C=O) groups excluding carboxylic acids is 2. The minimum absolute atomic E-state index is 0.0763. The van der Waals surface area contributed by atoms with Crippen LogP contribution in [-0.4, -0.2) is 23.0 Å². The van der Waals surface area contributed by atoms with E-state index in [4.69, 9.17) is 0 Å². The van der Waals surface area contributed by atoms with Gasteiger partial charge in [-0.2, -0.15) is 5.10 Å². The summed E-state index contributed by atoms with van der Waals surface area (Å²) in [6.45, 7) is 0. The number of nitrogens with one attached hydrogen (secondary N) is 3. The number of hydrazone groups is 1. The molecule has 25 heavy (non-hydrogen) atoms. The molecule has 3 rings (SSSR count). The van der Waals surface area contributed by atoms with E-state index in [1.54, 1.807) is 30.5 Å². The molecule has 1 fully saturated rings. The fourth-order valence-corrected chi connectivity index (χ4v) is 2.96. The van der Waals surface area contributed by atoms with Crippen molar-refractivity contribution in [1.29, 1.82) is 0 Å². The van der Waals surface area contributed by atoms with Crippen molar-refractivity contribution >= 4 is 23.7 Å². The Hall–Kier alpha value is -2.89. The number of nitrogens with zero attached hydrogens (tertiary/aromatic N) is 1. The smallest absolute Gasteiger partial charge is 0.271 e. The van der Waals surface area contributed by atoms with Gasteiger partial charge in [-0.05, 0) is 49.2 Å². The molecule has 1 heterocycles. The highest BCUT2D eigenvalue weighted by molar-refractivity contribution is 5.96. The fourth-order valence-electron chi connectivity index (χ4n) is 2.96. The summed E-state index contributed by atoms with van der Waals surface area (Å²) in [6.07, 6.45) is 8.72. The first-order valence-electron chi connectivity index (χ1n) is 8.60. The maximum Gasteiger partial charge on any atom is 0.271 e. The van der Waals surface area contributed by atoms with Gasteiger partial charge in [-0.3, -0.25) is 9.59 Å². The van der Waals surface area contributed by atoms with Crippen LogP contribution in [0.15, 0.2) is 47.7 Å². The largest absolute Gasteiger partial charge is 0.360 e. The Morgan fingerprint density at radius 1 is 1.08 bits per heavy atom. The number of aromatic amines is 1. The van der Waals surface area contributed by atoms with Crippen LogP contribution in [0, 0.1) is 5.92 Å². The van der Waals surface area contributed by atoms with Gasteiger partial charge in [0, 0.05) is 23.4 Å². The van der Waals surface area contributed by atoms with E-state index in [-0.39, 0.29) is 17.7 Å². The highest BCUT2D eigenvalue weighted by atomic mass is 16.2. The molecule has 1 aliphatic carbocycles. The monoisotopic (exact) mass is 338 g/mol. The van der Waals surface area contributed by atoms with Crippen LogP contribution >= 0.6 is 0 Å². The maximum atomic E-state index is 12.2. The highest BCUT2D eigenvalue weighted by Gasteiger charge is 2.21. The van der Waals surface area contributed by atoms with Gasteiger partial charge in [-0.25, -0.2) is 5.43 Å². The predicted molar refractivity (Wildman–Crippen MR) is 97.5 cm³/mol. The molecular weight excluding hydrogens is 316 g/mol. The number of hydrogen-bond acceptors (Lipinski definition) is 3. The van der Waals surface area contributed by atoms with Crippen molar-refractivity contribution in [1.82, 2.24) is 10.4 Å². The van der Waals surface area contributed by atoms with E-state index in [0.29, 0.717) is 11.3 Å². The first kappa shape index (κ1) is 17.0. The Labute approximate surface area is 146 Å². The molecule has 0 atom stereocenters. The Morgan fingerprint density at radius 3 is 2.52 bits per heavy atom. The van der Waals surface area contributed by atoms with Gasteiger partial charge in [0.25, 0.3) is 5.91 Å². The van der Waals surface area contributed by atoms with Crippen LogP contribution < -0.4 is 10.7 Å². The van der Waals surface area contributed by atoms with E-state index < -0.39 is 0 Å². The molecule has 2 amide bonds. The zero-order chi connectivity index (χ0) is 17.5. The van der Waals surface area contributed by atoms with Crippen LogP contribution in [0.5, 0.6) is 0 Å². The Bertz CT molecular complexity index is 729. The molecule has 0 unspecified atom stereocenters. The van der Waals surface area contributed by atoms with Gasteiger partial charge in [0.1, 0.15) is 0 Å². The molecule has 2 aromatic rings. The van der Waals surface area contributed by atoms with Crippen LogP contribution in [0.4, 0.5) is 5.69 Å². The lowest BCUT2D eigenvalue weighted by atomic mass is 9.88. The first-order chi connectivity index (χ1) is 12.2. The molecule has 0 bridgehead atoms. The van der Waals surface area contributed by atoms with E-state index in [1.807, 2.05) is 12.1 Å². The molecular formula is C19H22N4O2. The molecule has 0 radical (unpaired) electrons. The SMILES string of the molecule is O=C(NN=Cc1ccc[nH]1)c1ccc(NC(=O)C2CCCCC2)cc1. The lowest BCUT2D eigenvalue weighted by molar-refractivity contribution is -0.120. The highest BCUT2D eigenvalue weighted by Crippen LogP contribution is 2.25. The zero-order valence-corrected chi connectivity index (χ0v) is 14.0. The summed E-state index contributed by atoms with van der Waals surface area (Å²) >= 11 is 0. The van der Waals surface area contributed by atoms with Crippen molar-refractivity contribution in [2.75, 3.05) is 5.32 Å². The van der Waals surface area contributed by atoms with Crippen LogP contribution in [0.2, 0.25) is 0 Å². The molecule has 6 nitrogen and oxygen atoms in total. The second-order valence-corrected chi connectivity index (χ2v) is 6.23. The fraction of sp³-hybridized carbons (Fsp3) is 0.316. The maximum absolute atomic E-state index is 12.2. The van der Waals surface area contributed by atoms with Gasteiger partial charge in [0.15, 0.2) is 0 Å². The molecule has 0 saturated heterocycles. The number of amides is 2. The predicted octanol–water partition coefficient (Wildman–Crippen LogP) is 3.30. The lowest BCUT2D eigenvalue weighted by Crippen LogP contribution is -2.24. The average molecular weight is 338 g/mol.